The number of hydrogen-bond acceptors (Lipinski definition) is 0. The first-order valence-corrected chi connectivity index (χ1v) is 9.18. The first kappa shape index (κ1) is 13.3. The Kier molecular flexibility index (Phi) is 3.49. The fourth-order valence-corrected chi connectivity index (χ4v) is 5.98. The van der Waals surface area contributed by atoms with Gasteiger partial charge in [0.25, 0.3) is 0 Å². The fourth-order valence-electron chi connectivity index (χ4n) is 3.19. The van der Waals surface area contributed by atoms with Crippen LogP contribution in [-0.2, 0) is 6.42 Å². The Morgan fingerprint density at radius 1 is 0.591 bits per heavy atom. The van der Waals surface area contributed by atoms with Crippen LogP contribution in [0.1, 0.15) is 11.1 Å². The van der Waals surface area contributed by atoms with Gasteiger partial charge in [-0.25, -0.2) is 0 Å². The van der Waals surface area contributed by atoms with Gasteiger partial charge < -0.3 is 0 Å². The smallest absolute Gasteiger partial charge is 0.0678 e. The van der Waals surface area contributed by atoms with Crippen LogP contribution in [0.15, 0.2) is 90.1 Å². The van der Waals surface area contributed by atoms with Crippen LogP contribution in [0.25, 0.3) is 6.08 Å². The lowest BCUT2D eigenvalue weighted by atomic mass is 10.1. The summed E-state index contributed by atoms with van der Waals surface area (Å²) in [6.07, 6.45) is 3.51. The van der Waals surface area contributed by atoms with Gasteiger partial charge in [-0.3, -0.25) is 0 Å². The lowest BCUT2D eigenvalue weighted by molar-refractivity contribution is 1.28. The second kappa shape index (κ2) is 5.78. The third-order valence-electron chi connectivity index (χ3n) is 4.21. The molecule has 105 valence electrons. The predicted molar refractivity (Wildman–Crippen MR) is 96.0 cm³/mol. The van der Waals surface area contributed by atoms with Crippen molar-refractivity contribution < 1.29 is 0 Å². The average Bonchev–Trinajstić information content (AvgIpc) is 3.00. The molecule has 0 N–H and O–H groups in total. The molecule has 1 aliphatic rings. The summed E-state index contributed by atoms with van der Waals surface area (Å²) in [7, 11) is -0.883. The van der Waals surface area contributed by atoms with Crippen molar-refractivity contribution in [3.8, 4) is 0 Å². The zero-order valence-corrected chi connectivity index (χ0v) is 13.4. The molecule has 3 aromatic rings. The van der Waals surface area contributed by atoms with Crippen molar-refractivity contribution in [3.05, 3.63) is 101 Å². The van der Waals surface area contributed by atoms with Crippen molar-refractivity contribution in [2.24, 2.45) is 0 Å². The van der Waals surface area contributed by atoms with Crippen molar-refractivity contribution in [1.29, 1.82) is 0 Å². The van der Waals surface area contributed by atoms with Crippen LogP contribution in [-0.4, -0.2) is 8.80 Å². The standard InChI is InChI=1S/C21H17Si/c1-3-11-19(12-4-1)22(20-13-5-2-6-14-20)21-15-17-9-7-8-10-18(17)16-21/h1-15H,16H2. The largest absolute Gasteiger partial charge is 0.150 e. The highest BCUT2D eigenvalue weighted by Gasteiger charge is 2.25. The van der Waals surface area contributed by atoms with Crippen LogP contribution < -0.4 is 10.4 Å². The second-order valence-corrected chi connectivity index (χ2v) is 8.20. The Balaban J connectivity index is 1.80. The minimum Gasteiger partial charge on any atom is -0.0678 e. The summed E-state index contributed by atoms with van der Waals surface area (Å²) in [6, 6.07) is 30.7. The maximum atomic E-state index is 2.42. The van der Waals surface area contributed by atoms with Crippen molar-refractivity contribution in [3.63, 3.8) is 0 Å². The van der Waals surface area contributed by atoms with Gasteiger partial charge in [0.1, 0.15) is 0 Å². The van der Waals surface area contributed by atoms with Crippen LogP contribution in [0.2, 0.25) is 0 Å². The molecule has 0 nitrogen and oxygen atoms in total. The quantitative estimate of drug-likeness (QED) is 0.649. The highest BCUT2D eigenvalue weighted by Crippen LogP contribution is 2.26. The molecule has 4 rings (SSSR count). The van der Waals surface area contributed by atoms with Crippen molar-refractivity contribution in [2.45, 2.75) is 6.42 Å². The molecule has 0 heterocycles. The molecular formula is C21H17Si. The van der Waals surface area contributed by atoms with Gasteiger partial charge in [-0.05, 0) is 17.5 Å². The molecule has 0 atom stereocenters. The van der Waals surface area contributed by atoms with E-state index in [1.807, 2.05) is 0 Å². The van der Waals surface area contributed by atoms with Crippen LogP contribution in [0.4, 0.5) is 0 Å². The molecule has 0 amide bonds. The van der Waals surface area contributed by atoms with Gasteiger partial charge in [0.05, 0.1) is 0 Å². The van der Waals surface area contributed by atoms with Crippen molar-refractivity contribution in [1.82, 2.24) is 0 Å². The minimum atomic E-state index is -0.883. The normalized spacial score (nSPS) is 13.0. The topological polar surface area (TPSA) is 0 Å². The van der Waals surface area contributed by atoms with E-state index in [4.69, 9.17) is 0 Å². The zero-order valence-electron chi connectivity index (χ0n) is 12.4. The Morgan fingerprint density at radius 2 is 1.14 bits per heavy atom. The lowest BCUT2D eigenvalue weighted by Crippen LogP contribution is -2.44. The predicted octanol–water partition coefficient (Wildman–Crippen LogP) is 3.47. The Labute approximate surface area is 133 Å². The summed E-state index contributed by atoms with van der Waals surface area (Å²) in [5.74, 6) is 0. The van der Waals surface area contributed by atoms with E-state index in [0.29, 0.717) is 0 Å². The Morgan fingerprint density at radius 3 is 1.73 bits per heavy atom. The molecule has 0 aliphatic heterocycles. The molecule has 0 fully saturated rings. The van der Waals surface area contributed by atoms with Gasteiger partial charge in [-0.1, -0.05) is 107 Å². The first-order valence-electron chi connectivity index (χ1n) is 7.68. The zero-order chi connectivity index (χ0) is 14.8. The van der Waals surface area contributed by atoms with E-state index in [-0.39, 0.29) is 0 Å². The fraction of sp³-hybridized carbons (Fsp3) is 0.0476. The molecule has 0 bridgehead atoms. The van der Waals surface area contributed by atoms with E-state index in [0.717, 1.165) is 6.42 Å². The maximum absolute atomic E-state index is 2.42. The van der Waals surface area contributed by atoms with E-state index in [1.54, 1.807) is 5.20 Å². The summed E-state index contributed by atoms with van der Waals surface area (Å²) >= 11 is 0. The third kappa shape index (κ3) is 2.44. The SMILES string of the molecule is C1=C([Si](c2ccccc2)c2ccccc2)Cc2ccccc21. The summed E-state index contributed by atoms with van der Waals surface area (Å²) in [6.45, 7) is 0. The molecule has 0 aromatic heterocycles. The second-order valence-electron chi connectivity index (χ2n) is 5.65. The van der Waals surface area contributed by atoms with Gasteiger partial charge >= 0.3 is 0 Å². The van der Waals surface area contributed by atoms with E-state index in [2.05, 4.69) is 91.0 Å². The monoisotopic (exact) mass is 297 g/mol. The van der Waals surface area contributed by atoms with Gasteiger partial charge in [0, 0.05) is 0 Å². The van der Waals surface area contributed by atoms with Crippen LogP contribution in [0, 0.1) is 0 Å². The van der Waals surface area contributed by atoms with Crippen LogP contribution >= 0.6 is 0 Å². The minimum absolute atomic E-state index is 0.883. The molecule has 3 aromatic carbocycles. The van der Waals surface area contributed by atoms with E-state index >= 15 is 0 Å². The number of allylic oxidation sites excluding steroid dienone is 1. The van der Waals surface area contributed by atoms with E-state index < -0.39 is 8.80 Å². The number of fused-ring (bicyclic) bond motifs is 1. The molecule has 0 saturated carbocycles. The summed E-state index contributed by atoms with van der Waals surface area (Å²) in [5, 5.41) is 4.53. The number of rotatable bonds is 3. The van der Waals surface area contributed by atoms with Gasteiger partial charge in [-0.2, -0.15) is 0 Å². The molecule has 22 heavy (non-hydrogen) atoms. The number of hydrogen-bond donors (Lipinski definition) is 0. The summed E-state index contributed by atoms with van der Waals surface area (Å²) < 4.78 is 0. The lowest BCUT2D eigenvalue weighted by Gasteiger charge is -2.17. The van der Waals surface area contributed by atoms with Crippen molar-refractivity contribution in [2.75, 3.05) is 0 Å². The van der Waals surface area contributed by atoms with Gasteiger partial charge in [0.2, 0.25) is 0 Å². The molecule has 1 radical (unpaired) electrons. The van der Waals surface area contributed by atoms with E-state index in [1.165, 1.54) is 21.5 Å². The average molecular weight is 297 g/mol. The molecular weight excluding hydrogens is 280 g/mol. The summed E-state index contributed by atoms with van der Waals surface area (Å²) in [5.41, 5.74) is 2.86. The molecule has 0 spiro atoms. The van der Waals surface area contributed by atoms with Gasteiger partial charge in [-0.15, -0.1) is 0 Å². The van der Waals surface area contributed by atoms with E-state index in [9.17, 15) is 0 Å². The highest BCUT2D eigenvalue weighted by molar-refractivity contribution is 6.91. The maximum Gasteiger partial charge on any atom is 0.150 e. The van der Waals surface area contributed by atoms with Crippen molar-refractivity contribution >= 4 is 25.2 Å². The number of benzene rings is 3. The first-order chi connectivity index (χ1) is 10.9. The molecule has 0 saturated heterocycles. The summed E-state index contributed by atoms with van der Waals surface area (Å²) in [4.78, 5) is 0. The Bertz CT molecular complexity index is 764. The molecule has 1 heteroatoms. The molecule has 1 aliphatic carbocycles. The highest BCUT2D eigenvalue weighted by atomic mass is 28.3. The molecule has 0 unspecified atom stereocenters. The third-order valence-corrected chi connectivity index (χ3v) is 7.00. The Hall–Kier alpha value is -2.38. The van der Waals surface area contributed by atoms with Gasteiger partial charge in [0.15, 0.2) is 8.80 Å². The van der Waals surface area contributed by atoms with Crippen LogP contribution in [0.3, 0.4) is 0 Å². The van der Waals surface area contributed by atoms with Crippen LogP contribution in [0.5, 0.6) is 0 Å².